The van der Waals surface area contributed by atoms with Gasteiger partial charge >= 0.3 is 5.97 Å². The summed E-state index contributed by atoms with van der Waals surface area (Å²) in [6, 6.07) is 0. The zero-order valence-corrected chi connectivity index (χ0v) is 14.2. The Kier molecular flexibility index (Phi) is 5.51. The summed E-state index contributed by atoms with van der Waals surface area (Å²) in [4.78, 5) is 23.4. The van der Waals surface area contributed by atoms with Gasteiger partial charge in [0.15, 0.2) is 11.9 Å². The normalized spacial score (nSPS) is 22.8. The van der Waals surface area contributed by atoms with Crippen molar-refractivity contribution in [1.29, 1.82) is 0 Å². The number of esters is 1. The first kappa shape index (κ1) is 16.9. The van der Waals surface area contributed by atoms with Gasteiger partial charge in [-0.1, -0.05) is 53.6 Å². The second-order valence-electron chi connectivity index (χ2n) is 5.55. The van der Waals surface area contributed by atoms with E-state index in [0.717, 1.165) is 16.5 Å². The highest BCUT2D eigenvalue weighted by Gasteiger charge is 2.47. The molecule has 0 spiro atoms. The molecule has 0 aromatic carbocycles. The highest BCUT2D eigenvalue weighted by molar-refractivity contribution is 9.09. The van der Waals surface area contributed by atoms with E-state index in [0.29, 0.717) is 5.57 Å². The third-order valence-electron chi connectivity index (χ3n) is 3.56. The van der Waals surface area contributed by atoms with E-state index in [4.69, 9.17) is 4.74 Å². The minimum atomic E-state index is -0.722. The van der Waals surface area contributed by atoms with Crippen LogP contribution in [0.3, 0.4) is 0 Å². The van der Waals surface area contributed by atoms with Gasteiger partial charge < -0.3 is 4.74 Å². The van der Waals surface area contributed by atoms with Gasteiger partial charge in [-0.05, 0) is 25.0 Å². The topological polar surface area (TPSA) is 43.4 Å². The molecule has 0 bridgehead atoms. The lowest BCUT2D eigenvalue weighted by Crippen LogP contribution is -2.35. The van der Waals surface area contributed by atoms with Crippen LogP contribution in [0.25, 0.3) is 0 Å². The first-order chi connectivity index (χ1) is 9.21. The highest BCUT2D eigenvalue weighted by atomic mass is 79.9. The average Bonchev–Trinajstić information content (AvgIpc) is 2.48. The second-order valence-corrected chi connectivity index (χ2v) is 6.20. The van der Waals surface area contributed by atoms with E-state index in [1.54, 1.807) is 6.92 Å². The first-order valence-electron chi connectivity index (χ1n) is 6.55. The molecule has 1 aliphatic carbocycles. The lowest BCUT2D eigenvalue weighted by Gasteiger charge is -2.27. The third-order valence-corrected chi connectivity index (χ3v) is 3.88. The van der Waals surface area contributed by atoms with E-state index in [1.807, 2.05) is 39.0 Å². The standard InChI is InChI=1S/C16H21BrO3/c1-10(8-9-17)6-7-13-11(2)14(19)15(16(13,4)5)20-12(3)18/h6-8,15H,9H2,1-5H3. The van der Waals surface area contributed by atoms with E-state index in [1.165, 1.54) is 6.92 Å². The number of rotatable bonds is 4. The molecule has 110 valence electrons. The molecule has 0 fully saturated rings. The summed E-state index contributed by atoms with van der Waals surface area (Å²) in [6.45, 7) is 8.98. The molecule has 0 amide bonds. The summed E-state index contributed by atoms with van der Waals surface area (Å²) in [5.41, 5.74) is 2.21. The third kappa shape index (κ3) is 3.48. The number of alkyl halides is 1. The molecular weight excluding hydrogens is 320 g/mol. The summed E-state index contributed by atoms with van der Waals surface area (Å²) in [5, 5.41) is 0.791. The Hall–Kier alpha value is -1.16. The van der Waals surface area contributed by atoms with Crippen molar-refractivity contribution < 1.29 is 14.3 Å². The predicted molar refractivity (Wildman–Crippen MR) is 83.7 cm³/mol. The van der Waals surface area contributed by atoms with Crippen molar-refractivity contribution >= 4 is 27.7 Å². The Balaban J connectivity index is 3.10. The molecule has 0 saturated carbocycles. The molecule has 1 rings (SSSR count). The largest absolute Gasteiger partial charge is 0.453 e. The minimum absolute atomic E-state index is 0.105. The zero-order valence-electron chi connectivity index (χ0n) is 12.6. The summed E-state index contributed by atoms with van der Waals surface area (Å²) in [7, 11) is 0. The molecule has 1 aliphatic rings. The van der Waals surface area contributed by atoms with Crippen LogP contribution in [0, 0.1) is 5.41 Å². The van der Waals surface area contributed by atoms with Crippen molar-refractivity contribution in [3.05, 3.63) is 34.9 Å². The molecule has 4 heteroatoms. The van der Waals surface area contributed by atoms with E-state index in [9.17, 15) is 9.59 Å². The van der Waals surface area contributed by atoms with E-state index >= 15 is 0 Å². The van der Waals surface area contributed by atoms with Crippen LogP contribution in [-0.4, -0.2) is 23.2 Å². The number of carbonyl (C=O) groups is 2. The SMILES string of the molecule is CC(=O)OC1C(=O)C(C)=C(C=CC(C)=CCBr)C1(C)C. The lowest BCUT2D eigenvalue weighted by atomic mass is 9.82. The molecule has 0 saturated heterocycles. The number of Topliss-reactive ketones (excluding diaryl/α,β-unsaturated/α-hetero) is 1. The van der Waals surface area contributed by atoms with Gasteiger partial charge in [0.2, 0.25) is 0 Å². The lowest BCUT2D eigenvalue weighted by molar-refractivity contribution is -0.155. The maximum absolute atomic E-state index is 12.2. The number of hydrogen-bond donors (Lipinski definition) is 0. The Bertz CT molecular complexity index is 510. The first-order valence-corrected chi connectivity index (χ1v) is 7.67. The van der Waals surface area contributed by atoms with Crippen LogP contribution in [0.1, 0.15) is 34.6 Å². The van der Waals surface area contributed by atoms with Gasteiger partial charge in [-0.25, -0.2) is 0 Å². The van der Waals surface area contributed by atoms with Crippen molar-refractivity contribution in [2.75, 3.05) is 5.33 Å². The molecule has 0 radical (unpaired) electrons. The molecular formula is C16H21BrO3. The maximum Gasteiger partial charge on any atom is 0.303 e. The molecule has 0 aromatic heterocycles. The van der Waals surface area contributed by atoms with Crippen molar-refractivity contribution in [1.82, 2.24) is 0 Å². The minimum Gasteiger partial charge on any atom is -0.453 e. The molecule has 0 N–H and O–H groups in total. The summed E-state index contributed by atoms with van der Waals surface area (Å²) in [6.07, 6.45) is 5.25. The van der Waals surface area contributed by atoms with Gasteiger partial charge in [0.1, 0.15) is 0 Å². The van der Waals surface area contributed by atoms with Crippen LogP contribution in [0.4, 0.5) is 0 Å². The van der Waals surface area contributed by atoms with Crippen LogP contribution < -0.4 is 0 Å². The van der Waals surface area contributed by atoms with Crippen LogP contribution in [-0.2, 0) is 14.3 Å². The van der Waals surface area contributed by atoms with Crippen molar-refractivity contribution in [2.24, 2.45) is 5.41 Å². The quantitative estimate of drug-likeness (QED) is 0.444. The highest BCUT2D eigenvalue weighted by Crippen LogP contribution is 2.43. The fourth-order valence-electron chi connectivity index (χ4n) is 2.39. The van der Waals surface area contributed by atoms with Crippen LogP contribution in [0.5, 0.6) is 0 Å². The van der Waals surface area contributed by atoms with Gasteiger partial charge in [-0.2, -0.15) is 0 Å². The summed E-state index contributed by atoms with van der Waals surface area (Å²) < 4.78 is 5.21. The Labute approximate surface area is 128 Å². The van der Waals surface area contributed by atoms with Crippen LogP contribution in [0.15, 0.2) is 34.9 Å². The van der Waals surface area contributed by atoms with E-state index < -0.39 is 17.5 Å². The molecule has 20 heavy (non-hydrogen) atoms. The molecule has 0 aromatic rings. The Morgan fingerprint density at radius 1 is 1.40 bits per heavy atom. The Morgan fingerprint density at radius 2 is 2.00 bits per heavy atom. The fourth-order valence-corrected chi connectivity index (χ4v) is 2.90. The van der Waals surface area contributed by atoms with Crippen molar-refractivity contribution in [3.8, 4) is 0 Å². The number of ether oxygens (including phenoxy) is 1. The molecule has 0 aliphatic heterocycles. The number of allylic oxidation sites excluding steroid dienone is 4. The number of carbonyl (C=O) groups excluding carboxylic acids is 2. The number of halogens is 1. The van der Waals surface area contributed by atoms with Crippen molar-refractivity contribution in [2.45, 2.75) is 40.7 Å². The van der Waals surface area contributed by atoms with Crippen molar-refractivity contribution in [3.63, 3.8) is 0 Å². The summed E-state index contributed by atoms with van der Waals surface area (Å²) in [5.74, 6) is -0.531. The zero-order chi connectivity index (χ0) is 15.5. The van der Waals surface area contributed by atoms with Gasteiger partial charge in [-0.15, -0.1) is 0 Å². The molecule has 3 nitrogen and oxygen atoms in total. The average molecular weight is 341 g/mol. The van der Waals surface area contributed by atoms with E-state index in [2.05, 4.69) is 15.9 Å². The van der Waals surface area contributed by atoms with E-state index in [-0.39, 0.29) is 5.78 Å². The van der Waals surface area contributed by atoms with Gasteiger partial charge in [0.05, 0.1) is 0 Å². The number of ketones is 1. The fraction of sp³-hybridized carbons (Fsp3) is 0.500. The molecule has 1 unspecified atom stereocenters. The predicted octanol–water partition coefficient (Wildman–Crippen LogP) is 3.74. The summed E-state index contributed by atoms with van der Waals surface area (Å²) >= 11 is 3.35. The maximum atomic E-state index is 12.2. The van der Waals surface area contributed by atoms with Gasteiger partial charge in [0, 0.05) is 17.7 Å². The number of hydrogen-bond acceptors (Lipinski definition) is 3. The monoisotopic (exact) mass is 340 g/mol. The molecule has 0 heterocycles. The Morgan fingerprint density at radius 3 is 2.50 bits per heavy atom. The molecule has 1 atom stereocenters. The second kappa shape index (κ2) is 6.53. The van der Waals surface area contributed by atoms with Crippen LogP contribution in [0.2, 0.25) is 0 Å². The van der Waals surface area contributed by atoms with Gasteiger partial charge in [0.25, 0.3) is 0 Å². The van der Waals surface area contributed by atoms with Crippen LogP contribution >= 0.6 is 15.9 Å². The van der Waals surface area contributed by atoms with Gasteiger partial charge in [-0.3, -0.25) is 9.59 Å². The smallest absolute Gasteiger partial charge is 0.303 e.